The van der Waals surface area contributed by atoms with E-state index in [-0.39, 0.29) is 5.91 Å². The molecule has 90 valence electrons. The van der Waals surface area contributed by atoms with Crippen molar-refractivity contribution in [1.29, 1.82) is 0 Å². The van der Waals surface area contributed by atoms with E-state index in [0.29, 0.717) is 17.1 Å². The average Bonchev–Trinajstić information content (AvgIpc) is 2.95. The Kier molecular flexibility index (Phi) is 3.81. The van der Waals surface area contributed by atoms with Crippen LogP contribution in [0.1, 0.15) is 27.3 Å². The molecule has 0 atom stereocenters. The van der Waals surface area contributed by atoms with Gasteiger partial charge in [0, 0.05) is 12.7 Å². The number of H-pyrrole nitrogens is 1. The van der Waals surface area contributed by atoms with E-state index in [1.807, 2.05) is 6.20 Å². The van der Waals surface area contributed by atoms with E-state index in [2.05, 4.69) is 25.1 Å². The van der Waals surface area contributed by atoms with E-state index in [1.54, 1.807) is 13.1 Å². The Labute approximate surface area is 103 Å². The van der Waals surface area contributed by atoms with Gasteiger partial charge in [-0.2, -0.15) is 5.10 Å². The molecule has 0 aliphatic carbocycles. The van der Waals surface area contributed by atoms with Gasteiger partial charge in [0.1, 0.15) is 4.88 Å². The zero-order valence-corrected chi connectivity index (χ0v) is 10.3. The molecule has 2 heterocycles. The fraction of sp³-hybridized carbons (Fsp3) is 0.400. The summed E-state index contributed by atoms with van der Waals surface area (Å²) >= 11 is 1.13. The monoisotopic (exact) mass is 251 g/mol. The number of aryl methyl sites for hydroxylation is 2. The largest absolute Gasteiger partial charge is 0.351 e. The number of aromatic amines is 1. The van der Waals surface area contributed by atoms with E-state index < -0.39 is 0 Å². The fourth-order valence-corrected chi connectivity index (χ4v) is 2.00. The number of carbonyl (C=O) groups excluding carboxylic acids is 1. The summed E-state index contributed by atoms with van der Waals surface area (Å²) in [6.45, 7) is 2.42. The van der Waals surface area contributed by atoms with E-state index in [0.717, 1.165) is 29.9 Å². The summed E-state index contributed by atoms with van der Waals surface area (Å²) in [6, 6.07) is 0. The highest BCUT2D eigenvalue weighted by Crippen LogP contribution is 2.08. The van der Waals surface area contributed by atoms with Crippen molar-refractivity contribution in [1.82, 2.24) is 25.1 Å². The van der Waals surface area contributed by atoms with Gasteiger partial charge in [0.25, 0.3) is 5.91 Å². The van der Waals surface area contributed by atoms with Crippen LogP contribution in [0.4, 0.5) is 0 Å². The van der Waals surface area contributed by atoms with E-state index in [4.69, 9.17) is 0 Å². The van der Waals surface area contributed by atoms with Gasteiger partial charge >= 0.3 is 0 Å². The Morgan fingerprint density at radius 2 is 2.47 bits per heavy atom. The standard InChI is InChI=1S/C10H13N5OS/c1-7-9(17-15-14-7)10(16)11-4-2-3-8-5-12-13-6-8/h5-6H,2-4H2,1H3,(H,11,16)(H,12,13). The zero-order chi connectivity index (χ0) is 12.1. The Bertz CT molecular complexity index is 479. The van der Waals surface area contributed by atoms with Gasteiger partial charge in [-0.15, -0.1) is 5.10 Å². The van der Waals surface area contributed by atoms with Crippen LogP contribution in [0.2, 0.25) is 0 Å². The van der Waals surface area contributed by atoms with Crippen LogP contribution in [0.5, 0.6) is 0 Å². The summed E-state index contributed by atoms with van der Waals surface area (Å²) in [6.07, 6.45) is 5.44. The first-order valence-corrected chi connectivity index (χ1v) is 6.09. The summed E-state index contributed by atoms with van der Waals surface area (Å²) in [5.74, 6) is -0.0929. The number of nitrogens with zero attached hydrogens (tertiary/aromatic N) is 3. The quantitative estimate of drug-likeness (QED) is 0.774. The van der Waals surface area contributed by atoms with Crippen molar-refractivity contribution in [3.8, 4) is 0 Å². The molecular weight excluding hydrogens is 238 g/mol. The highest BCUT2D eigenvalue weighted by Gasteiger charge is 2.11. The third-order valence-electron chi connectivity index (χ3n) is 2.34. The van der Waals surface area contributed by atoms with Gasteiger partial charge in [0.15, 0.2) is 0 Å². The van der Waals surface area contributed by atoms with Crippen LogP contribution in [-0.4, -0.2) is 32.2 Å². The molecule has 0 radical (unpaired) electrons. The second kappa shape index (κ2) is 5.53. The van der Waals surface area contributed by atoms with Crippen LogP contribution in [0.25, 0.3) is 0 Å². The van der Waals surface area contributed by atoms with Gasteiger partial charge in [-0.1, -0.05) is 4.49 Å². The average molecular weight is 251 g/mol. The first-order chi connectivity index (χ1) is 8.27. The van der Waals surface area contributed by atoms with Gasteiger partial charge in [0.2, 0.25) is 0 Å². The molecule has 1 amide bonds. The minimum Gasteiger partial charge on any atom is -0.351 e. The van der Waals surface area contributed by atoms with Gasteiger partial charge in [-0.25, -0.2) is 0 Å². The number of hydrogen-bond acceptors (Lipinski definition) is 5. The third kappa shape index (κ3) is 3.10. The number of amides is 1. The Morgan fingerprint density at radius 3 is 3.12 bits per heavy atom. The Balaban J connectivity index is 1.72. The number of hydrogen-bond donors (Lipinski definition) is 2. The van der Waals surface area contributed by atoms with Crippen LogP contribution in [0, 0.1) is 6.92 Å². The van der Waals surface area contributed by atoms with Gasteiger partial charge in [0.05, 0.1) is 11.9 Å². The van der Waals surface area contributed by atoms with Crippen LogP contribution < -0.4 is 5.32 Å². The number of rotatable bonds is 5. The predicted octanol–water partition coefficient (Wildman–Crippen LogP) is 0.932. The van der Waals surface area contributed by atoms with Gasteiger partial charge in [-0.05, 0) is 36.9 Å². The van der Waals surface area contributed by atoms with Crippen LogP contribution >= 0.6 is 11.5 Å². The van der Waals surface area contributed by atoms with Crippen molar-refractivity contribution in [2.45, 2.75) is 19.8 Å². The van der Waals surface area contributed by atoms with Crippen molar-refractivity contribution in [3.05, 3.63) is 28.5 Å². The van der Waals surface area contributed by atoms with Crippen LogP contribution in [0.3, 0.4) is 0 Å². The molecule has 2 N–H and O–H groups in total. The molecule has 6 nitrogen and oxygen atoms in total. The van der Waals surface area contributed by atoms with E-state index >= 15 is 0 Å². The molecule has 0 saturated carbocycles. The SMILES string of the molecule is Cc1nnsc1C(=O)NCCCc1cn[nH]c1. The maximum absolute atomic E-state index is 11.7. The second-order valence-corrected chi connectivity index (χ2v) is 4.41. The molecule has 0 unspecified atom stereocenters. The molecule has 0 aromatic carbocycles. The Morgan fingerprint density at radius 1 is 1.59 bits per heavy atom. The first kappa shape index (κ1) is 11.7. The lowest BCUT2D eigenvalue weighted by atomic mass is 10.2. The number of nitrogens with one attached hydrogen (secondary N) is 2. The minimum absolute atomic E-state index is 0.0929. The van der Waals surface area contributed by atoms with Crippen molar-refractivity contribution < 1.29 is 4.79 Å². The highest BCUT2D eigenvalue weighted by molar-refractivity contribution is 7.07. The van der Waals surface area contributed by atoms with Crippen LogP contribution in [-0.2, 0) is 6.42 Å². The molecule has 0 fully saturated rings. The summed E-state index contributed by atoms with van der Waals surface area (Å²) in [7, 11) is 0. The fourth-order valence-electron chi connectivity index (χ4n) is 1.43. The van der Waals surface area contributed by atoms with Crippen molar-refractivity contribution >= 4 is 17.4 Å². The zero-order valence-electron chi connectivity index (χ0n) is 9.43. The lowest BCUT2D eigenvalue weighted by molar-refractivity contribution is 0.0956. The molecule has 0 aliphatic rings. The molecule has 0 bridgehead atoms. The van der Waals surface area contributed by atoms with Crippen LogP contribution in [0.15, 0.2) is 12.4 Å². The maximum atomic E-state index is 11.7. The molecule has 0 spiro atoms. The summed E-state index contributed by atoms with van der Waals surface area (Å²) < 4.78 is 3.73. The normalized spacial score (nSPS) is 10.4. The maximum Gasteiger partial charge on any atom is 0.264 e. The minimum atomic E-state index is -0.0929. The smallest absolute Gasteiger partial charge is 0.264 e. The van der Waals surface area contributed by atoms with E-state index in [9.17, 15) is 4.79 Å². The molecule has 0 saturated heterocycles. The molecule has 2 rings (SSSR count). The first-order valence-electron chi connectivity index (χ1n) is 5.32. The van der Waals surface area contributed by atoms with Gasteiger partial charge in [-0.3, -0.25) is 9.89 Å². The molecule has 0 aliphatic heterocycles. The van der Waals surface area contributed by atoms with E-state index in [1.165, 1.54) is 0 Å². The summed E-state index contributed by atoms with van der Waals surface area (Å²) in [5, 5.41) is 13.3. The number of carbonyl (C=O) groups is 1. The number of aromatic nitrogens is 4. The topological polar surface area (TPSA) is 83.6 Å². The molecular formula is C10H13N5OS. The Hall–Kier alpha value is -1.76. The lowest BCUT2D eigenvalue weighted by Gasteiger charge is -2.02. The summed E-state index contributed by atoms with van der Waals surface area (Å²) in [4.78, 5) is 12.3. The second-order valence-electron chi connectivity index (χ2n) is 3.65. The highest BCUT2D eigenvalue weighted by atomic mass is 32.1. The third-order valence-corrected chi connectivity index (χ3v) is 3.17. The van der Waals surface area contributed by atoms with Gasteiger partial charge < -0.3 is 5.32 Å². The molecule has 2 aromatic rings. The lowest BCUT2D eigenvalue weighted by Crippen LogP contribution is -2.24. The molecule has 2 aromatic heterocycles. The molecule has 7 heteroatoms. The van der Waals surface area contributed by atoms with Crippen molar-refractivity contribution in [2.24, 2.45) is 0 Å². The van der Waals surface area contributed by atoms with Crippen molar-refractivity contribution in [3.63, 3.8) is 0 Å². The van der Waals surface area contributed by atoms with Crippen molar-refractivity contribution in [2.75, 3.05) is 6.54 Å². The molecule has 17 heavy (non-hydrogen) atoms. The summed E-state index contributed by atoms with van der Waals surface area (Å²) in [5.41, 5.74) is 1.83. The predicted molar refractivity (Wildman–Crippen MR) is 63.9 cm³/mol.